The van der Waals surface area contributed by atoms with Crippen molar-refractivity contribution in [1.82, 2.24) is 10.9 Å². The van der Waals surface area contributed by atoms with Crippen LogP contribution in [0.5, 0.6) is 5.75 Å². The summed E-state index contributed by atoms with van der Waals surface area (Å²) in [6, 6.07) is 6.77. The fourth-order valence-electron chi connectivity index (χ4n) is 3.99. The average molecular weight is 400 g/mol. The highest BCUT2D eigenvalue weighted by atomic mass is 16.5. The van der Waals surface area contributed by atoms with Gasteiger partial charge in [-0.3, -0.25) is 25.2 Å². The monoisotopic (exact) mass is 400 g/mol. The Morgan fingerprint density at radius 2 is 1.52 bits per heavy atom. The smallest absolute Gasteiger partial charge is 0.307 e. The highest BCUT2D eigenvalue weighted by Crippen LogP contribution is 2.34. The van der Waals surface area contributed by atoms with Gasteiger partial charge in [0.25, 0.3) is 5.91 Å². The Morgan fingerprint density at radius 1 is 0.931 bits per heavy atom. The molecule has 1 fully saturated rings. The lowest BCUT2D eigenvalue weighted by Gasteiger charge is -2.29. The zero-order chi connectivity index (χ0) is 21.0. The van der Waals surface area contributed by atoms with Crippen LogP contribution in [0.4, 0.5) is 0 Å². The quantitative estimate of drug-likeness (QED) is 0.520. The van der Waals surface area contributed by atoms with Crippen LogP contribution in [0.3, 0.4) is 0 Å². The van der Waals surface area contributed by atoms with Crippen LogP contribution >= 0.6 is 0 Å². The zero-order valence-corrected chi connectivity index (χ0v) is 16.9. The van der Waals surface area contributed by atoms with Crippen LogP contribution in [0.15, 0.2) is 35.4 Å². The van der Waals surface area contributed by atoms with Crippen LogP contribution in [-0.2, 0) is 9.59 Å². The maximum absolute atomic E-state index is 12.5. The van der Waals surface area contributed by atoms with Crippen LogP contribution in [-0.4, -0.2) is 29.0 Å². The number of ether oxygens (including phenoxy) is 1. The fourth-order valence-corrected chi connectivity index (χ4v) is 3.99. The van der Waals surface area contributed by atoms with Crippen LogP contribution in [0.2, 0.25) is 0 Å². The lowest BCUT2D eigenvalue weighted by atomic mass is 9.76. The molecule has 0 heterocycles. The number of aliphatic carboxylic acids is 1. The second kappa shape index (κ2) is 9.11. The van der Waals surface area contributed by atoms with Gasteiger partial charge in [0.1, 0.15) is 5.75 Å². The molecule has 2 aliphatic rings. The van der Waals surface area contributed by atoms with Gasteiger partial charge in [-0.25, -0.2) is 0 Å². The van der Waals surface area contributed by atoms with Gasteiger partial charge in [-0.15, -0.1) is 0 Å². The van der Waals surface area contributed by atoms with Crippen molar-refractivity contribution in [3.63, 3.8) is 0 Å². The molecule has 1 aromatic carbocycles. The Morgan fingerprint density at radius 3 is 2.10 bits per heavy atom. The molecule has 7 heteroatoms. The SMILES string of the molecule is CC1=C(C)C[C@@H](C(=O)NNC(=O)c2ccc(OC3CCCC3)cc2)[C@H](C(=O)O)C1. The van der Waals surface area contributed by atoms with Crippen molar-refractivity contribution >= 4 is 17.8 Å². The predicted molar refractivity (Wildman–Crippen MR) is 107 cm³/mol. The molecule has 2 aliphatic carbocycles. The van der Waals surface area contributed by atoms with E-state index in [2.05, 4.69) is 10.9 Å². The number of carboxylic acids is 1. The lowest BCUT2D eigenvalue weighted by molar-refractivity contribution is -0.147. The maximum Gasteiger partial charge on any atom is 0.307 e. The maximum atomic E-state index is 12.5. The summed E-state index contributed by atoms with van der Waals surface area (Å²) in [7, 11) is 0. The van der Waals surface area contributed by atoms with Crippen molar-refractivity contribution in [2.75, 3.05) is 0 Å². The molecule has 0 saturated heterocycles. The van der Waals surface area contributed by atoms with Gasteiger partial charge in [-0.1, -0.05) is 11.1 Å². The van der Waals surface area contributed by atoms with E-state index in [0.29, 0.717) is 18.4 Å². The molecule has 0 bridgehead atoms. The summed E-state index contributed by atoms with van der Waals surface area (Å²) in [6.45, 7) is 3.79. The van der Waals surface area contributed by atoms with Gasteiger partial charge in [0, 0.05) is 5.56 Å². The summed E-state index contributed by atoms with van der Waals surface area (Å²) in [4.78, 5) is 36.4. The first kappa shape index (κ1) is 20.9. The molecular weight excluding hydrogens is 372 g/mol. The second-order valence-electron chi connectivity index (χ2n) is 8.01. The average Bonchev–Trinajstić information content (AvgIpc) is 3.21. The van der Waals surface area contributed by atoms with Crippen LogP contribution < -0.4 is 15.6 Å². The van der Waals surface area contributed by atoms with Crippen molar-refractivity contribution in [2.24, 2.45) is 11.8 Å². The fraction of sp³-hybridized carbons (Fsp3) is 0.500. The number of carbonyl (C=O) groups is 3. The van der Waals surface area contributed by atoms with E-state index in [1.165, 1.54) is 12.8 Å². The normalized spacial score (nSPS) is 22.3. The standard InChI is InChI=1S/C22H28N2O5/c1-13-11-18(19(22(27)28)12-14(13)2)21(26)24-23-20(25)15-7-9-17(10-8-15)29-16-5-3-4-6-16/h7-10,16,18-19H,3-6,11-12H2,1-2H3,(H,23,25)(H,24,26)(H,27,28)/t18-,19-/m1/s1. The van der Waals surface area contributed by atoms with Crippen LogP contribution in [0.1, 0.15) is 62.7 Å². The molecule has 7 nitrogen and oxygen atoms in total. The van der Waals surface area contributed by atoms with Gasteiger partial charge in [-0.2, -0.15) is 0 Å². The van der Waals surface area contributed by atoms with E-state index >= 15 is 0 Å². The topological polar surface area (TPSA) is 105 Å². The van der Waals surface area contributed by atoms with Gasteiger partial charge in [0.15, 0.2) is 0 Å². The third-order valence-electron chi connectivity index (χ3n) is 5.94. The van der Waals surface area contributed by atoms with E-state index in [-0.39, 0.29) is 6.10 Å². The Hall–Kier alpha value is -2.83. The number of carboxylic acid groups (broad SMARTS) is 1. The molecule has 0 radical (unpaired) electrons. The number of hydrazine groups is 1. The minimum absolute atomic E-state index is 0.243. The van der Waals surface area contributed by atoms with Gasteiger partial charge in [0.05, 0.1) is 17.9 Å². The Labute approximate surface area is 170 Å². The number of benzene rings is 1. The summed E-state index contributed by atoms with van der Waals surface area (Å²) < 4.78 is 5.88. The highest BCUT2D eigenvalue weighted by molar-refractivity contribution is 5.96. The van der Waals surface area contributed by atoms with E-state index < -0.39 is 29.6 Å². The number of rotatable bonds is 5. The first-order chi connectivity index (χ1) is 13.8. The highest BCUT2D eigenvalue weighted by Gasteiger charge is 2.37. The van der Waals surface area contributed by atoms with E-state index in [9.17, 15) is 19.5 Å². The molecular formula is C22H28N2O5. The minimum Gasteiger partial charge on any atom is -0.490 e. The molecule has 2 atom stereocenters. The minimum atomic E-state index is -0.999. The third kappa shape index (κ3) is 5.16. The van der Waals surface area contributed by atoms with E-state index in [1.54, 1.807) is 24.3 Å². The Balaban J connectivity index is 1.55. The second-order valence-corrected chi connectivity index (χ2v) is 8.01. The first-order valence-electron chi connectivity index (χ1n) is 10.1. The molecule has 1 saturated carbocycles. The van der Waals surface area contributed by atoms with Gasteiger partial charge in [-0.05, 0) is 76.6 Å². The molecule has 0 unspecified atom stereocenters. The summed E-state index contributed by atoms with van der Waals surface area (Å²) in [6.07, 6.45) is 5.44. The van der Waals surface area contributed by atoms with Crippen molar-refractivity contribution < 1.29 is 24.2 Å². The predicted octanol–water partition coefficient (Wildman–Crippen LogP) is 3.22. The van der Waals surface area contributed by atoms with Crippen molar-refractivity contribution in [2.45, 2.75) is 58.5 Å². The molecule has 1 aromatic rings. The molecule has 156 valence electrons. The third-order valence-corrected chi connectivity index (χ3v) is 5.94. The van der Waals surface area contributed by atoms with Crippen molar-refractivity contribution in [3.8, 4) is 5.75 Å². The lowest BCUT2D eigenvalue weighted by Crippen LogP contribution is -2.48. The van der Waals surface area contributed by atoms with Crippen molar-refractivity contribution in [1.29, 1.82) is 0 Å². The van der Waals surface area contributed by atoms with E-state index in [0.717, 1.165) is 29.7 Å². The summed E-state index contributed by atoms with van der Waals surface area (Å²) in [5.74, 6) is -2.72. The summed E-state index contributed by atoms with van der Waals surface area (Å²) in [5, 5.41) is 9.44. The molecule has 2 amide bonds. The molecule has 29 heavy (non-hydrogen) atoms. The number of hydrogen-bond acceptors (Lipinski definition) is 4. The molecule has 3 N–H and O–H groups in total. The summed E-state index contributed by atoms with van der Waals surface area (Å²) >= 11 is 0. The number of hydrogen-bond donors (Lipinski definition) is 3. The van der Waals surface area contributed by atoms with Crippen LogP contribution in [0.25, 0.3) is 0 Å². The first-order valence-corrected chi connectivity index (χ1v) is 10.1. The number of carbonyl (C=O) groups excluding carboxylic acids is 2. The largest absolute Gasteiger partial charge is 0.490 e. The number of amides is 2. The number of nitrogens with one attached hydrogen (secondary N) is 2. The van der Waals surface area contributed by atoms with E-state index in [1.807, 2.05) is 13.8 Å². The zero-order valence-electron chi connectivity index (χ0n) is 16.9. The Kier molecular flexibility index (Phi) is 6.56. The number of allylic oxidation sites excluding steroid dienone is 2. The van der Waals surface area contributed by atoms with Gasteiger partial charge in [0.2, 0.25) is 5.91 Å². The molecule has 3 rings (SSSR count). The summed E-state index contributed by atoms with van der Waals surface area (Å²) in [5.41, 5.74) is 7.18. The Bertz CT molecular complexity index is 809. The van der Waals surface area contributed by atoms with Gasteiger partial charge < -0.3 is 9.84 Å². The van der Waals surface area contributed by atoms with Gasteiger partial charge >= 0.3 is 5.97 Å². The van der Waals surface area contributed by atoms with E-state index in [4.69, 9.17) is 4.74 Å². The molecule has 0 spiro atoms. The van der Waals surface area contributed by atoms with Crippen LogP contribution in [0, 0.1) is 11.8 Å². The molecule has 0 aliphatic heterocycles. The molecule has 0 aromatic heterocycles. The van der Waals surface area contributed by atoms with Crippen molar-refractivity contribution in [3.05, 3.63) is 41.0 Å².